The summed E-state index contributed by atoms with van der Waals surface area (Å²) >= 11 is 5.65. The Morgan fingerprint density at radius 3 is 2.71 bits per heavy atom. The number of hydrogen-bond donors (Lipinski definition) is 1. The standard InChI is InChI=1S/C10H13ClN2.ClH/c1-7(2)5-9(12)8-3-4-10(11)13-6-8;/h3-4,6,9H,1,5,12H2,2H3;1H/t9-;/m1./s1. The largest absolute Gasteiger partial charge is 0.324 e. The molecule has 78 valence electrons. The highest BCUT2D eigenvalue weighted by Gasteiger charge is 2.05. The molecule has 4 heteroatoms. The van der Waals surface area contributed by atoms with Crippen LogP contribution in [0.4, 0.5) is 0 Å². The number of halogens is 2. The molecule has 0 bridgehead atoms. The summed E-state index contributed by atoms with van der Waals surface area (Å²) in [5.41, 5.74) is 7.97. The van der Waals surface area contributed by atoms with E-state index in [9.17, 15) is 0 Å². The summed E-state index contributed by atoms with van der Waals surface area (Å²) in [5, 5.41) is 0.492. The van der Waals surface area contributed by atoms with Gasteiger partial charge in [-0.3, -0.25) is 0 Å². The lowest BCUT2D eigenvalue weighted by atomic mass is 10.0. The van der Waals surface area contributed by atoms with Crippen LogP contribution < -0.4 is 5.73 Å². The Labute approximate surface area is 95.6 Å². The van der Waals surface area contributed by atoms with E-state index in [1.165, 1.54) is 0 Å². The zero-order valence-electron chi connectivity index (χ0n) is 8.03. The summed E-state index contributed by atoms with van der Waals surface area (Å²) in [5.74, 6) is 0. The molecular weight excluding hydrogens is 219 g/mol. The van der Waals surface area contributed by atoms with Crippen LogP contribution in [0.2, 0.25) is 5.15 Å². The normalized spacial score (nSPS) is 11.6. The van der Waals surface area contributed by atoms with Gasteiger partial charge in [0.2, 0.25) is 0 Å². The summed E-state index contributed by atoms with van der Waals surface area (Å²) in [4.78, 5) is 3.96. The van der Waals surface area contributed by atoms with Crippen LogP contribution in [-0.4, -0.2) is 4.98 Å². The van der Waals surface area contributed by atoms with Crippen LogP contribution in [0.3, 0.4) is 0 Å². The molecule has 1 aromatic rings. The SMILES string of the molecule is C=C(C)C[C@@H](N)c1ccc(Cl)nc1.Cl. The first-order valence-electron chi connectivity index (χ1n) is 4.11. The highest BCUT2D eigenvalue weighted by molar-refractivity contribution is 6.29. The van der Waals surface area contributed by atoms with Gasteiger partial charge in [-0.05, 0) is 25.0 Å². The summed E-state index contributed by atoms with van der Waals surface area (Å²) in [7, 11) is 0. The van der Waals surface area contributed by atoms with Gasteiger partial charge in [-0.1, -0.05) is 23.2 Å². The Kier molecular flexibility index (Phi) is 5.77. The van der Waals surface area contributed by atoms with Crippen molar-refractivity contribution in [3.05, 3.63) is 41.2 Å². The van der Waals surface area contributed by atoms with Gasteiger partial charge in [-0.15, -0.1) is 19.0 Å². The number of nitrogens with two attached hydrogens (primary N) is 1. The molecule has 1 rings (SSSR count). The number of hydrogen-bond acceptors (Lipinski definition) is 2. The van der Waals surface area contributed by atoms with Gasteiger partial charge in [0.05, 0.1) is 0 Å². The first kappa shape index (κ1) is 13.4. The molecule has 0 aliphatic heterocycles. The topological polar surface area (TPSA) is 38.9 Å². The summed E-state index contributed by atoms with van der Waals surface area (Å²) in [6.07, 6.45) is 2.49. The lowest BCUT2D eigenvalue weighted by Crippen LogP contribution is -2.10. The molecule has 14 heavy (non-hydrogen) atoms. The number of aromatic nitrogens is 1. The van der Waals surface area contributed by atoms with Crippen molar-refractivity contribution in [2.24, 2.45) is 5.73 Å². The van der Waals surface area contributed by atoms with Gasteiger partial charge in [-0.2, -0.15) is 0 Å². The molecule has 1 aromatic heterocycles. The molecular formula is C10H14Cl2N2. The van der Waals surface area contributed by atoms with Crippen molar-refractivity contribution in [1.82, 2.24) is 4.98 Å². The molecule has 0 fully saturated rings. The van der Waals surface area contributed by atoms with Crippen LogP contribution >= 0.6 is 24.0 Å². The molecule has 1 atom stereocenters. The van der Waals surface area contributed by atoms with E-state index in [1.807, 2.05) is 13.0 Å². The fraction of sp³-hybridized carbons (Fsp3) is 0.300. The Bertz CT molecular complexity index is 295. The molecule has 0 aromatic carbocycles. The van der Waals surface area contributed by atoms with E-state index in [0.29, 0.717) is 5.15 Å². The predicted molar refractivity (Wildman–Crippen MR) is 62.9 cm³/mol. The van der Waals surface area contributed by atoms with Crippen LogP contribution in [0.1, 0.15) is 24.9 Å². The van der Waals surface area contributed by atoms with Crippen LogP contribution in [-0.2, 0) is 0 Å². The van der Waals surface area contributed by atoms with E-state index in [0.717, 1.165) is 17.6 Å². The quantitative estimate of drug-likeness (QED) is 0.643. The smallest absolute Gasteiger partial charge is 0.129 e. The van der Waals surface area contributed by atoms with Crippen LogP contribution in [0.5, 0.6) is 0 Å². The van der Waals surface area contributed by atoms with Gasteiger partial charge in [-0.25, -0.2) is 4.98 Å². The van der Waals surface area contributed by atoms with Crippen molar-refractivity contribution in [1.29, 1.82) is 0 Å². The highest BCUT2D eigenvalue weighted by Crippen LogP contribution is 2.17. The van der Waals surface area contributed by atoms with Crippen molar-refractivity contribution in [2.45, 2.75) is 19.4 Å². The first-order valence-corrected chi connectivity index (χ1v) is 4.49. The fourth-order valence-electron chi connectivity index (χ4n) is 1.10. The molecule has 0 unspecified atom stereocenters. The van der Waals surface area contributed by atoms with Gasteiger partial charge in [0.1, 0.15) is 5.15 Å². The zero-order valence-corrected chi connectivity index (χ0v) is 9.61. The van der Waals surface area contributed by atoms with Gasteiger partial charge in [0.15, 0.2) is 0 Å². The molecule has 0 aliphatic carbocycles. The summed E-state index contributed by atoms with van der Waals surface area (Å²) in [6.45, 7) is 5.77. The lowest BCUT2D eigenvalue weighted by molar-refractivity contribution is 0.713. The van der Waals surface area contributed by atoms with Crippen LogP contribution in [0.15, 0.2) is 30.5 Å². The van der Waals surface area contributed by atoms with Gasteiger partial charge < -0.3 is 5.73 Å². The van der Waals surface area contributed by atoms with E-state index in [1.54, 1.807) is 12.3 Å². The van der Waals surface area contributed by atoms with E-state index < -0.39 is 0 Å². The van der Waals surface area contributed by atoms with E-state index in [-0.39, 0.29) is 18.4 Å². The van der Waals surface area contributed by atoms with Crippen molar-refractivity contribution < 1.29 is 0 Å². The minimum absolute atomic E-state index is 0. The van der Waals surface area contributed by atoms with E-state index >= 15 is 0 Å². The predicted octanol–water partition coefficient (Wildman–Crippen LogP) is 3.12. The molecule has 0 amide bonds. The highest BCUT2D eigenvalue weighted by atomic mass is 35.5. The summed E-state index contributed by atoms with van der Waals surface area (Å²) in [6, 6.07) is 3.61. The second kappa shape index (κ2) is 6.02. The van der Waals surface area contributed by atoms with Gasteiger partial charge in [0, 0.05) is 12.2 Å². The van der Waals surface area contributed by atoms with Gasteiger partial charge >= 0.3 is 0 Å². The maximum absolute atomic E-state index is 5.90. The zero-order chi connectivity index (χ0) is 9.84. The molecule has 0 spiro atoms. The van der Waals surface area contributed by atoms with E-state index in [4.69, 9.17) is 17.3 Å². The monoisotopic (exact) mass is 232 g/mol. The minimum Gasteiger partial charge on any atom is -0.324 e. The summed E-state index contributed by atoms with van der Waals surface area (Å²) < 4.78 is 0. The second-order valence-corrected chi connectivity index (χ2v) is 3.57. The molecule has 2 nitrogen and oxygen atoms in total. The maximum Gasteiger partial charge on any atom is 0.129 e. The molecule has 1 heterocycles. The Hall–Kier alpha value is -0.570. The van der Waals surface area contributed by atoms with Crippen molar-refractivity contribution in [3.8, 4) is 0 Å². The van der Waals surface area contributed by atoms with Crippen LogP contribution in [0, 0.1) is 0 Å². The number of pyridine rings is 1. The second-order valence-electron chi connectivity index (χ2n) is 3.18. The third-order valence-electron chi connectivity index (χ3n) is 1.75. The third-order valence-corrected chi connectivity index (χ3v) is 1.97. The molecule has 0 saturated carbocycles. The average Bonchev–Trinajstić information content (AvgIpc) is 2.04. The van der Waals surface area contributed by atoms with Crippen molar-refractivity contribution in [2.75, 3.05) is 0 Å². The maximum atomic E-state index is 5.90. The lowest BCUT2D eigenvalue weighted by Gasteiger charge is -2.10. The number of rotatable bonds is 3. The van der Waals surface area contributed by atoms with Crippen LogP contribution in [0.25, 0.3) is 0 Å². The van der Waals surface area contributed by atoms with Gasteiger partial charge in [0.25, 0.3) is 0 Å². The fourth-order valence-corrected chi connectivity index (χ4v) is 1.21. The Balaban J connectivity index is 0.00000169. The minimum atomic E-state index is -0.0257. The average molecular weight is 233 g/mol. The Morgan fingerprint density at radius 1 is 1.64 bits per heavy atom. The third kappa shape index (κ3) is 4.09. The van der Waals surface area contributed by atoms with E-state index in [2.05, 4.69) is 11.6 Å². The number of nitrogens with zero attached hydrogens (tertiary/aromatic N) is 1. The molecule has 2 N–H and O–H groups in total. The molecule has 0 aliphatic rings. The molecule has 0 radical (unpaired) electrons. The molecule has 0 saturated heterocycles. The first-order chi connectivity index (χ1) is 6.09. The van der Waals surface area contributed by atoms with Crippen molar-refractivity contribution in [3.63, 3.8) is 0 Å². The van der Waals surface area contributed by atoms with Crippen molar-refractivity contribution >= 4 is 24.0 Å². The Morgan fingerprint density at radius 2 is 2.29 bits per heavy atom.